The van der Waals surface area contributed by atoms with Crippen LogP contribution in [-0.4, -0.2) is 28.9 Å². The lowest BCUT2D eigenvalue weighted by Gasteiger charge is -2.21. The van der Waals surface area contributed by atoms with Crippen LogP contribution in [0.5, 0.6) is 0 Å². The molecule has 1 saturated carbocycles. The number of carbonyl (C=O) groups excluding carboxylic acids is 1. The smallest absolute Gasteiger partial charge is 0.396 e. The third-order valence-electron chi connectivity index (χ3n) is 3.36. The Bertz CT molecular complexity index is 479. The van der Waals surface area contributed by atoms with Gasteiger partial charge in [-0.1, -0.05) is 18.0 Å². The van der Waals surface area contributed by atoms with Crippen LogP contribution < -0.4 is 0 Å². The molecule has 0 atom stereocenters. The molecule has 112 valence electrons. The SMILES string of the molecule is CCOC(=O)C1(c2nc(CC(F)(F)F)no2)CCCC1. The minimum absolute atomic E-state index is 0.0623. The Kier molecular flexibility index (Phi) is 4.01. The molecule has 1 heterocycles. The summed E-state index contributed by atoms with van der Waals surface area (Å²) >= 11 is 0. The normalized spacial score (nSPS) is 18.2. The molecule has 0 bridgehead atoms. The van der Waals surface area contributed by atoms with Crippen molar-refractivity contribution in [2.24, 2.45) is 0 Å². The Balaban J connectivity index is 2.25. The zero-order valence-electron chi connectivity index (χ0n) is 11.0. The van der Waals surface area contributed by atoms with Crippen molar-refractivity contribution < 1.29 is 27.2 Å². The maximum atomic E-state index is 12.3. The van der Waals surface area contributed by atoms with E-state index in [2.05, 4.69) is 10.1 Å². The van der Waals surface area contributed by atoms with Gasteiger partial charge in [-0.2, -0.15) is 18.2 Å². The highest BCUT2D eigenvalue weighted by Gasteiger charge is 2.49. The van der Waals surface area contributed by atoms with Crippen LogP contribution >= 0.6 is 0 Å². The van der Waals surface area contributed by atoms with E-state index in [1.165, 1.54) is 0 Å². The number of carbonyl (C=O) groups is 1. The van der Waals surface area contributed by atoms with E-state index >= 15 is 0 Å². The van der Waals surface area contributed by atoms with Gasteiger partial charge in [0.15, 0.2) is 5.82 Å². The molecule has 1 aliphatic rings. The van der Waals surface area contributed by atoms with Crippen LogP contribution in [0.15, 0.2) is 4.52 Å². The molecule has 2 rings (SSSR count). The lowest BCUT2D eigenvalue weighted by Crippen LogP contribution is -2.35. The molecule has 0 aliphatic heterocycles. The number of aromatic nitrogens is 2. The molecule has 0 spiro atoms. The average molecular weight is 292 g/mol. The summed E-state index contributed by atoms with van der Waals surface area (Å²) < 4.78 is 46.8. The topological polar surface area (TPSA) is 65.2 Å². The van der Waals surface area contributed by atoms with E-state index in [0.717, 1.165) is 12.8 Å². The number of esters is 1. The van der Waals surface area contributed by atoms with Crippen LogP contribution in [0.3, 0.4) is 0 Å². The Labute approximate surface area is 113 Å². The number of alkyl halides is 3. The number of rotatable bonds is 4. The molecule has 0 radical (unpaired) electrons. The van der Waals surface area contributed by atoms with E-state index in [0.29, 0.717) is 12.8 Å². The Morgan fingerprint density at radius 1 is 1.40 bits per heavy atom. The van der Waals surface area contributed by atoms with Gasteiger partial charge in [0.25, 0.3) is 0 Å². The lowest BCUT2D eigenvalue weighted by molar-refractivity contribution is -0.151. The molecule has 1 aromatic heterocycles. The fourth-order valence-electron chi connectivity index (χ4n) is 2.45. The molecule has 0 unspecified atom stereocenters. The van der Waals surface area contributed by atoms with Gasteiger partial charge in [0.2, 0.25) is 5.89 Å². The first-order valence-electron chi connectivity index (χ1n) is 6.44. The Hall–Kier alpha value is -1.60. The van der Waals surface area contributed by atoms with Crippen molar-refractivity contribution in [3.63, 3.8) is 0 Å². The second-order valence-electron chi connectivity index (χ2n) is 4.82. The minimum Gasteiger partial charge on any atom is -0.465 e. The van der Waals surface area contributed by atoms with Crippen molar-refractivity contribution in [2.75, 3.05) is 6.61 Å². The van der Waals surface area contributed by atoms with Gasteiger partial charge in [-0.05, 0) is 19.8 Å². The monoisotopic (exact) mass is 292 g/mol. The number of nitrogens with zero attached hydrogens (tertiary/aromatic N) is 2. The van der Waals surface area contributed by atoms with Gasteiger partial charge in [-0.3, -0.25) is 4.79 Å². The molecular formula is C12H15F3N2O3. The van der Waals surface area contributed by atoms with Crippen LogP contribution in [0.1, 0.15) is 44.3 Å². The molecule has 8 heteroatoms. The maximum absolute atomic E-state index is 12.3. The van der Waals surface area contributed by atoms with Crippen molar-refractivity contribution in [3.8, 4) is 0 Å². The fraction of sp³-hybridized carbons (Fsp3) is 0.750. The summed E-state index contributed by atoms with van der Waals surface area (Å²) in [4.78, 5) is 15.8. The number of ether oxygens (including phenoxy) is 1. The van der Waals surface area contributed by atoms with Gasteiger partial charge in [-0.15, -0.1) is 0 Å². The molecule has 1 aliphatic carbocycles. The zero-order valence-corrected chi connectivity index (χ0v) is 11.0. The second-order valence-corrected chi connectivity index (χ2v) is 4.82. The molecule has 20 heavy (non-hydrogen) atoms. The van der Waals surface area contributed by atoms with Gasteiger partial charge < -0.3 is 9.26 Å². The van der Waals surface area contributed by atoms with Gasteiger partial charge in [-0.25, -0.2) is 0 Å². The molecule has 1 fully saturated rings. The predicted molar refractivity (Wildman–Crippen MR) is 60.8 cm³/mol. The van der Waals surface area contributed by atoms with Crippen molar-refractivity contribution in [2.45, 2.75) is 50.6 Å². The highest BCUT2D eigenvalue weighted by Crippen LogP contribution is 2.41. The molecule has 5 nitrogen and oxygen atoms in total. The maximum Gasteiger partial charge on any atom is 0.396 e. The summed E-state index contributed by atoms with van der Waals surface area (Å²) in [6.45, 7) is 1.87. The third kappa shape index (κ3) is 2.94. The second kappa shape index (κ2) is 5.41. The van der Waals surface area contributed by atoms with E-state index in [1.54, 1.807) is 6.92 Å². The average Bonchev–Trinajstić information content (AvgIpc) is 2.95. The first-order chi connectivity index (χ1) is 9.37. The van der Waals surface area contributed by atoms with Crippen molar-refractivity contribution in [1.82, 2.24) is 10.1 Å². The molecular weight excluding hydrogens is 277 g/mol. The predicted octanol–water partition coefficient (Wildman–Crippen LogP) is 2.55. The highest BCUT2D eigenvalue weighted by atomic mass is 19.4. The lowest BCUT2D eigenvalue weighted by atomic mass is 9.86. The summed E-state index contributed by atoms with van der Waals surface area (Å²) in [5.41, 5.74) is -1.08. The van der Waals surface area contributed by atoms with E-state index in [-0.39, 0.29) is 12.5 Å². The highest BCUT2D eigenvalue weighted by molar-refractivity contribution is 5.82. The zero-order chi connectivity index (χ0) is 14.8. The summed E-state index contributed by atoms with van der Waals surface area (Å²) in [6, 6.07) is 0. The van der Waals surface area contributed by atoms with Gasteiger partial charge in [0.1, 0.15) is 11.8 Å². The Morgan fingerprint density at radius 2 is 2.05 bits per heavy atom. The van der Waals surface area contributed by atoms with E-state index in [9.17, 15) is 18.0 Å². The third-order valence-corrected chi connectivity index (χ3v) is 3.36. The van der Waals surface area contributed by atoms with Crippen LogP contribution in [0, 0.1) is 0 Å². The summed E-state index contributed by atoms with van der Waals surface area (Å²) in [7, 11) is 0. The van der Waals surface area contributed by atoms with Gasteiger partial charge >= 0.3 is 12.1 Å². The molecule has 0 N–H and O–H groups in total. The van der Waals surface area contributed by atoms with Crippen LogP contribution in [0.2, 0.25) is 0 Å². The number of hydrogen-bond donors (Lipinski definition) is 0. The molecule has 0 saturated heterocycles. The molecule has 1 aromatic rings. The van der Waals surface area contributed by atoms with Crippen molar-refractivity contribution >= 4 is 5.97 Å². The van der Waals surface area contributed by atoms with Gasteiger partial charge in [0.05, 0.1) is 6.61 Å². The van der Waals surface area contributed by atoms with E-state index in [1.807, 2.05) is 0 Å². The first kappa shape index (κ1) is 14.8. The molecule has 0 aromatic carbocycles. The summed E-state index contributed by atoms with van der Waals surface area (Å²) in [6.07, 6.45) is -3.21. The first-order valence-corrected chi connectivity index (χ1v) is 6.44. The number of hydrogen-bond acceptors (Lipinski definition) is 5. The number of halogens is 3. The standard InChI is InChI=1S/C12H15F3N2O3/c1-2-19-10(18)11(5-3-4-6-11)9-16-8(17-20-9)7-12(13,14)15/h2-7H2,1H3. The Morgan fingerprint density at radius 3 is 2.60 bits per heavy atom. The van der Waals surface area contributed by atoms with Crippen LogP contribution in [0.25, 0.3) is 0 Å². The van der Waals surface area contributed by atoms with E-state index < -0.39 is 29.8 Å². The van der Waals surface area contributed by atoms with E-state index in [4.69, 9.17) is 9.26 Å². The largest absolute Gasteiger partial charge is 0.465 e. The van der Waals surface area contributed by atoms with Crippen molar-refractivity contribution in [3.05, 3.63) is 11.7 Å². The summed E-state index contributed by atoms with van der Waals surface area (Å²) in [5, 5.41) is 3.32. The van der Waals surface area contributed by atoms with Crippen molar-refractivity contribution in [1.29, 1.82) is 0 Å². The fourth-order valence-corrected chi connectivity index (χ4v) is 2.45. The molecule has 0 amide bonds. The minimum atomic E-state index is -4.41. The van der Waals surface area contributed by atoms with Gasteiger partial charge in [0, 0.05) is 0 Å². The van der Waals surface area contributed by atoms with Crippen LogP contribution in [-0.2, 0) is 21.4 Å². The quantitative estimate of drug-likeness (QED) is 0.798. The summed E-state index contributed by atoms with van der Waals surface area (Å²) in [5.74, 6) is -1.02. The van der Waals surface area contributed by atoms with Crippen LogP contribution in [0.4, 0.5) is 13.2 Å².